The van der Waals surface area contributed by atoms with E-state index < -0.39 is 0 Å². The average Bonchev–Trinajstić information content (AvgIpc) is 3.66. The highest BCUT2D eigenvalue weighted by Gasteiger charge is 2.37. The summed E-state index contributed by atoms with van der Waals surface area (Å²) in [6, 6.07) is 85.6. The number of anilines is 6. The van der Waals surface area contributed by atoms with Gasteiger partial charge in [-0.15, -0.1) is 0 Å². The van der Waals surface area contributed by atoms with Crippen LogP contribution >= 0.6 is 0 Å². The summed E-state index contributed by atoms with van der Waals surface area (Å²) < 4.78 is 0. The monoisotopic (exact) mass is 902 g/mol. The van der Waals surface area contributed by atoms with Gasteiger partial charge in [0.2, 0.25) is 0 Å². The summed E-state index contributed by atoms with van der Waals surface area (Å²) in [5.41, 5.74) is 22.1. The molecule has 2 heteroatoms. The zero-order valence-corrected chi connectivity index (χ0v) is 40.4. The second-order valence-corrected chi connectivity index (χ2v) is 20.0. The fraction of sp³-hybridized carbons (Fsp3) is 0.147. The van der Waals surface area contributed by atoms with E-state index in [0.717, 1.165) is 28.4 Å². The Kier molecular flexibility index (Phi) is 11.3. The lowest BCUT2D eigenvalue weighted by molar-refractivity contribution is 0.443. The van der Waals surface area contributed by atoms with Crippen LogP contribution in [0, 0.1) is 6.92 Å². The van der Waals surface area contributed by atoms with Gasteiger partial charge in [-0.2, -0.15) is 0 Å². The second-order valence-electron chi connectivity index (χ2n) is 20.0. The molecule has 0 heterocycles. The number of fused-ring (bicyclic) bond motifs is 4. The van der Waals surface area contributed by atoms with Gasteiger partial charge in [-0.1, -0.05) is 197 Å². The lowest BCUT2D eigenvalue weighted by Crippen LogP contribution is -2.17. The van der Waals surface area contributed by atoms with Crippen LogP contribution in [-0.2, 0) is 5.41 Å². The minimum absolute atomic E-state index is 0.139. The summed E-state index contributed by atoms with van der Waals surface area (Å²) in [5, 5.41) is 2.44. The maximum Gasteiger partial charge on any atom is 0.0546 e. The van der Waals surface area contributed by atoms with E-state index in [4.69, 9.17) is 0 Å². The van der Waals surface area contributed by atoms with Crippen LogP contribution in [0.3, 0.4) is 0 Å². The first-order chi connectivity index (χ1) is 34.4. The standard InChI is InChI=1S/C68H58N2/c1-47-18-17-28-63-67(47)61-43-42-59(46-64(61)68(63,2)3)70(66-45-55-24-14-13-23-54(55)44-62(66)52-21-9-5-10-22-52)58-40-36-51(37-41-58)49-30-32-53(33-31-49)60-27-15-16-29-65(60)69(56-25-11-6-12-26-56)57-38-34-50(35-39-57)48-19-7-4-8-20-48/h5-6,9-18,21-46,48H,4,7-8,19-20H2,1-3H3. The molecule has 10 aromatic rings. The molecule has 2 aliphatic rings. The Hall–Kier alpha value is -7.94. The first kappa shape index (κ1) is 43.3. The van der Waals surface area contributed by atoms with Gasteiger partial charge in [-0.3, -0.25) is 0 Å². The van der Waals surface area contributed by atoms with Crippen LogP contribution < -0.4 is 9.80 Å². The first-order valence-electron chi connectivity index (χ1n) is 25.3. The smallest absolute Gasteiger partial charge is 0.0546 e. The van der Waals surface area contributed by atoms with Gasteiger partial charge >= 0.3 is 0 Å². The molecule has 0 spiro atoms. The lowest BCUT2D eigenvalue weighted by atomic mass is 9.82. The summed E-state index contributed by atoms with van der Waals surface area (Å²) in [4.78, 5) is 4.89. The van der Waals surface area contributed by atoms with Crippen molar-refractivity contribution in [3.8, 4) is 44.5 Å². The van der Waals surface area contributed by atoms with Gasteiger partial charge in [-0.05, 0) is 159 Å². The molecule has 0 N–H and O–H groups in total. The third-order valence-corrected chi connectivity index (χ3v) is 15.4. The molecular weight excluding hydrogens is 845 g/mol. The molecule has 0 saturated heterocycles. The van der Waals surface area contributed by atoms with Gasteiger partial charge < -0.3 is 9.80 Å². The largest absolute Gasteiger partial charge is 0.310 e. The van der Waals surface area contributed by atoms with Gasteiger partial charge in [0, 0.05) is 39.3 Å². The third-order valence-electron chi connectivity index (χ3n) is 15.4. The van der Waals surface area contributed by atoms with Crippen molar-refractivity contribution >= 4 is 44.9 Å². The molecule has 0 aliphatic heterocycles. The van der Waals surface area contributed by atoms with Crippen molar-refractivity contribution in [1.82, 2.24) is 0 Å². The minimum atomic E-state index is -0.139. The van der Waals surface area contributed by atoms with Gasteiger partial charge in [0.25, 0.3) is 0 Å². The number of nitrogens with zero attached hydrogens (tertiary/aromatic N) is 2. The Bertz CT molecular complexity index is 3470. The van der Waals surface area contributed by atoms with Crippen molar-refractivity contribution in [2.24, 2.45) is 0 Å². The molecule has 12 rings (SSSR count). The molecule has 0 amide bonds. The fourth-order valence-corrected chi connectivity index (χ4v) is 11.7. The van der Waals surface area contributed by atoms with Crippen molar-refractivity contribution in [3.05, 3.63) is 253 Å². The Balaban J connectivity index is 0.918. The average molecular weight is 903 g/mol. The summed E-state index contributed by atoms with van der Waals surface area (Å²) in [6.07, 6.45) is 6.64. The predicted octanol–water partition coefficient (Wildman–Crippen LogP) is 19.4. The molecule has 0 radical (unpaired) electrons. The van der Waals surface area contributed by atoms with Crippen LogP contribution in [0.25, 0.3) is 55.3 Å². The quantitative estimate of drug-likeness (QED) is 0.135. The predicted molar refractivity (Wildman–Crippen MR) is 298 cm³/mol. The molecule has 10 aromatic carbocycles. The molecule has 1 saturated carbocycles. The molecule has 340 valence electrons. The van der Waals surface area contributed by atoms with Crippen LogP contribution in [0.5, 0.6) is 0 Å². The summed E-state index contributed by atoms with van der Waals surface area (Å²) >= 11 is 0. The maximum absolute atomic E-state index is 2.48. The molecule has 70 heavy (non-hydrogen) atoms. The van der Waals surface area contributed by atoms with E-state index in [9.17, 15) is 0 Å². The van der Waals surface area contributed by atoms with Crippen LogP contribution in [0.1, 0.15) is 74.1 Å². The Morgan fingerprint density at radius 3 is 1.63 bits per heavy atom. The van der Waals surface area contributed by atoms with Crippen molar-refractivity contribution in [3.63, 3.8) is 0 Å². The van der Waals surface area contributed by atoms with Crippen LogP contribution in [0.4, 0.5) is 34.1 Å². The summed E-state index contributed by atoms with van der Waals surface area (Å²) in [6.45, 7) is 7.01. The molecule has 0 unspecified atom stereocenters. The third kappa shape index (κ3) is 7.88. The normalized spacial score (nSPS) is 14.0. The van der Waals surface area contributed by atoms with E-state index >= 15 is 0 Å². The SMILES string of the molecule is Cc1cccc2c1-c1ccc(N(c3ccc(-c4ccc(-c5ccccc5N(c5ccccc5)c5ccc(C6CCCCC6)cc5)cc4)cc3)c3cc4ccccc4cc3-c3ccccc3)cc1C2(C)C. The summed E-state index contributed by atoms with van der Waals surface area (Å²) in [7, 11) is 0. The minimum Gasteiger partial charge on any atom is -0.310 e. The van der Waals surface area contributed by atoms with Crippen molar-refractivity contribution in [2.45, 2.75) is 64.2 Å². The molecule has 1 fully saturated rings. The highest BCUT2D eigenvalue weighted by molar-refractivity contribution is 5.99. The van der Waals surface area contributed by atoms with Crippen molar-refractivity contribution in [2.75, 3.05) is 9.80 Å². The van der Waals surface area contributed by atoms with E-state index in [1.165, 1.54) is 115 Å². The molecule has 2 aliphatic carbocycles. The van der Waals surface area contributed by atoms with E-state index in [-0.39, 0.29) is 5.41 Å². The number of aryl methyl sites for hydroxylation is 1. The Labute approximate surface area is 414 Å². The highest BCUT2D eigenvalue weighted by Crippen LogP contribution is 2.53. The van der Waals surface area contributed by atoms with Crippen LogP contribution in [0.15, 0.2) is 231 Å². The van der Waals surface area contributed by atoms with Crippen LogP contribution in [0.2, 0.25) is 0 Å². The second kappa shape index (κ2) is 18.2. The maximum atomic E-state index is 2.48. The van der Waals surface area contributed by atoms with E-state index in [1.54, 1.807) is 0 Å². The first-order valence-corrected chi connectivity index (χ1v) is 25.3. The molecule has 0 aromatic heterocycles. The van der Waals surface area contributed by atoms with E-state index in [2.05, 4.69) is 261 Å². The number of rotatable bonds is 10. The number of benzene rings is 10. The molecular formula is C68H58N2. The van der Waals surface area contributed by atoms with Crippen molar-refractivity contribution < 1.29 is 0 Å². The highest BCUT2D eigenvalue weighted by atomic mass is 15.1. The van der Waals surface area contributed by atoms with Gasteiger partial charge in [0.15, 0.2) is 0 Å². The van der Waals surface area contributed by atoms with Gasteiger partial charge in [-0.25, -0.2) is 0 Å². The fourth-order valence-electron chi connectivity index (χ4n) is 11.7. The van der Waals surface area contributed by atoms with Crippen LogP contribution in [-0.4, -0.2) is 0 Å². The van der Waals surface area contributed by atoms with Crippen molar-refractivity contribution in [1.29, 1.82) is 0 Å². The molecule has 0 atom stereocenters. The number of hydrogen-bond acceptors (Lipinski definition) is 2. The zero-order valence-electron chi connectivity index (χ0n) is 40.4. The topological polar surface area (TPSA) is 6.48 Å². The van der Waals surface area contributed by atoms with Gasteiger partial charge in [0.05, 0.1) is 11.4 Å². The zero-order chi connectivity index (χ0) is 47.2. The number of para-hydroxylation sites is 2. The Morgan fingerprint density at radius 1 is 0.371 bits per heavy atom. The summed E-state index contributed by atoms with van der Waals surface area (Å²) in [5.74, 6) is 0.673. The Morgan fingerprint density at radius 2 is 0.914 bits per heavy atom. The van der Waals surface area contributed by atoms with E-state index in [1.807, 2.05) is 0 Å². The lowest BCUT2D eigenvalue weighted by Gasteiger charge is -2.30. The van der Waals surface area contributed by atoms with E-state index in [0.29, 0.717) is 5.92 Å². The molecule has 2 nitrogen and oxygen atoms in total. The number of hydrogen-bond donors (Lipinski definition) is 0. The molecule has 0 bridgehead atoms. The van der Waals surface area contributed by atoms with Gasteiger partial charge in [0.1, 0.15) is 0 Å².